The molecule has 2 unspecified atom stereocenters. The van der Waals surface area contributed by atoms with E-state index in [1.165, 1.54) is 6.07 Å². The zero-order chi connectivity index (χ0) is 13.7. The monoisotopic (exact) mass is 303 g/mol. The quantitative estimate of drug-likeness (QED) is 0.903. The number of hydrogen-bond acceptors (Lipinski definition) is 3. The Hall–Kier alpha value is -0.290. The van der Waals surface area contributed by atoms with Gasteiger partial charge < -0.3 is 10.1 Å². The first-order chi connectivity index (χ1) is 9.22. The number of halogens is 2. The smallest absolute Gasteiger partial charge is 0.127 e. The van der Waals surface area contributed by atoms with Crippen LogP contribution in [-0.2, 0) is 11.2 Å². The highest BCUT2D eigenvalue weighted by molar-refractivity contribution is 7.99. The van der Waals surface area contributed by atoms with Gasteiger partial charge in [0.05, 0.1) is 12.7 Å². The van der Waals surface area contributed by atoms with Crippen molar-refractivity contribution in [3.05, 3.63) is 34.6 Å². The number of likely N-dealkylation sites (N-methyl/N-ethyl adjacent to an activating group) is 1. The minimum absolute atomic E-state index is 0.104. The second-order valence-electron chi connectivity index (χ2n) is 4.55. The molecule has 1 heterocycles. The molecule has 0 radical (unpaired) electrons. The topological polar surface area (TPSA) is 21.3 Å². The molecule has 1 aliphatic heterocycles. The third-order valence-corrected chi connectivity index (χ3v) is 4.62. The van der Waals surface area contributed by atoms with Gasteiger partial charge >= 0.3 is 0 Å². The van der Waals surface area contributed by atoms with E-state index in [4.69, 9.17) is 16.3 Å². The first-order valence-electron chi connectivity index (χ1n) is 6.58. The molecular weight excluding hydrogens is 285 g/mol. The summed E-state index contributed by atoms with van der Waals surface area (Å²) in [7, 11) is 0. The first kappa shape index (κ1) is 15.1. The molecule has 2 atom stereocenters. The Kier molecular flexibility index (Phi) is 5.95. The van der Waals surface area contributed by atoms with Crippen molar-refractivity contribution < 1.29 is 9.13 Å². The van der Waals surface area contributed by atoms with Crippen molar-refractivity contribution in [2.24, 2.45) is 0 Å². The Morgan fingerprint density at radius 1 is 1.58 bits per heavy atom. The molecule has 2 rings (SSSR count). The number of nitrogens with one attached hydrogen (secondary N) is 1. The third-order valence-electron chi connectivity index (χ3n) is 3.24. The van der Waals surface area contributed by atoms with Crippen LogP contribution in [0, 0.1) is 5.82 Å². The minimum atomic E-state index is -0.237. The molecule has 0 amide bonds. The molecular formula is C14H19ClFNOS. The summed E-state index contributed by atoms with van der Waals surface area (Å²) in [4.78, 5) is 0. The molecule has 0 spiro atoms. The van der Waals surface area contributed by atoms with Gasteiger partial charge in [0.25, 0.3) is 0 Å². The van der Waals surface area contributed by atoms with Crippen molar-refractivity contribution >= 4 is 23.4 Å². The zero-order valence-corrected chi connectivity index (χ0v) is 12.6. The van der Waals surface area contributed by atoms with Gasteiger partial charge in [-0.2, -0.15) is 11.8 Å². The van der Waals surface area contributed by atoms with E-state index in [0.29, 0.717) is 17.0 Å². The van der Waals surface area contributed by atoms with Crippen LogP contribution in [-0.4, -0.2) is 36.8 Å². The zero-order valence-electron chi connectivity index (χ0n) is 11.0. The third kappa shape index (κ3) is 4.09. The standard InChI is InChI=1S/C14H19ClFNOS/c1-2-17-13(14-9-19-7-6-18-14)8-10-11(15)4-3-5-12(10)16/h3-5,13-14,17H,2,6-9H2,1H3. The van der Waals surface area contributed by atoms with Gasteiger partial charge in [0.15, 0.2) is 0 Å². The SMILES string of the molecule is CCNC(Cc1c(F)cccc1Cl)C1CSCCO1. The lowest BCUT2D eigenvalue weighted by Crippen LogP contribution is -2.46. The van der Waals surface area contributed by atoms with Crippen LogP contribution in [0.1, 0.15) is 12.5 Å². The molecule has 1 aromatic carbocycles. The van der Waals surface area contributed by atoms with E-state index in [0.717, 1.165) is 24.7 Å². The largest absolute Gasteiger partial charge is 0.375 e. The van der Waals surface area contributed by atoms with E-state index in [-0.39, 0.29) is 18.0 Å². The average molecular weight is 304 g/mol. The fourth-order valence-electron chi connectivity index (χ4n) is 2.28. The fourth-order valence-corrected chi connectivity index (χ4v) is 3.46. The van der Waals surface area contributed by atoms with Crippen LogP contribution in [0.4, 0.5) is 4.39 Å². The van der Waals surface area contributed by atoms with Gasteiger partial charge in [0.1, 0.15) is 5.82 Å². The van der Waals surface area contributed by atoms with Gasteiger partial charge in [-0.15, -0.1) is 0 Å². The lowest BCUT2D eigenvalue weighted by Gasteiger charge is -2.31. The predicted octanol–water partition coefficient (Wildman–Crippen LogP) is 3.13. The summed E-state index contributed by atoms with van der Waals surface area (Å²) >= 11 is 7.98. The van der Waals surface area contributed by atoms with E-state index >= 15 is 0 Å². The Morgan fingerprint density at radius 2 is 2.42 bits per heavy atom. The lowest BCUT2D eigenvalue weighted by molar-refractivity contribution is 0.0474. The van der Waals surface area contributed by atoms with Crippen molar-refractivity contribution in [3.8, 4) is 0 Å². The summed E-state index contributed by atoms with van der Waals surface area (Å²) in [6.45, 7) is 3.65. The Balaban J connectivity index is 2.11. The molecule has 1 fully saturated rings. The maximum absolute atomic E-state index is 13.9. The molecule has 1 aliphatic rings. The summed E-state index contributed by atoms with van der Waals surface area (Å²) in [6, 6.07) is 4.93. The summed E-state index contributed by atoms with van der Waals surface area (Å²) < 4.78 is 19.7. The van der Waals surface area contributed by atoms with E-state index in [1.54, 1.807) is 12.1 Å². The molecule has 1 aromatic rings. The number of thioether (sulfide) groups is 1. The molecule has 1 N–H and O–H groups in total. The highest BCUT2D eigenvalue weighted by Gasteiger charge is 2.26. The molecule has 106 valence electrons. The van der Waals surface area contributed by atoms with Crippen LogP contribution < -0.4 is 5.32 Å². The summed E-state index contributed by atoms with van der Waals surface area (Å²) in [6.07, 6.45) is 0.680. The summed E-state index contributed by atoms with van der Waals surface area (Å²) in [5, 5.41) is 3.88. The number of hydrogen-bond donors (Lipinski definition) is 1. The van der Waals surface area contributed by atoms with Gasteiger partial charge in [-0.3, -0.25) is 0 Å². The molecule has 2 nitrogen and oxygen atoms in total. The number of rotatable bonds is 5. The summed E-state index contributed by atoms with van der Waals surface area (Å²) in [5.41, 5.74) is 0.578. The normalized spacial score (nSPS) is 21.3. The fraction of sp³-hybridized carbons (Fsp3) is 0.571. The molecule has 0 saturated carbocycles. The van der Waals surface area contributed by atoms with Crippen molar-refractivity contribution in [1.29, 1.82) is 0 Å². The van der Waals surface area contributed by atoms with Crippen LogP contribution in [0.3, 0.4) is 0 Å². The van der Waals surface area contributed by atoms with Crippen LogP contribution in [0.25, 0.3) is 0 Å². The lowest BCUT2D eigenvalue weighted by atomic mass is 10.0. The van der Waals surface area contributed by atoms with Crippen molar-refractivity contribution in [3.63, 3.8) is 0 Å². The molecule has 5 heteroatoms. The maximum Gasteiger partial charge on any atom is 0.127 e. The second kappa shape index (κ2) is 7.48. The summed E-state index contributed by atoms with van der Waals surface area (Å²) in [5.74, 6) is 1.75. The van der Waals surface area contributed by atoms with E-state index in [2.05, 4.69) is 5.32 Å². The van der Waals surface area contributed by atoms with Gasteiger partial charge in [-0.1, -0.05) is 24.6 Å². The van der Waals surface area contributed by atoms with Crippen molar-refractivity contribution in [1.82, 2.24) is 5.32 Å². The molecule has 0 bridgehead atoms. The highest BCUT2D eigenvalue weighted by Crippen LogP contribution is 2.24. The van der Waals surface area contributed by atoms with Crippen molar-refractivity contribution in [2.75, 3.05) is 24.7 Å². The number of ether oxygens (including phenoxy) is 1. The highest BCUT2D eigenvalue weighted by atomic mass is 35.5. The van der Waals surface area contributed by atoms with Crippen LogP contribution in [0.2, 0.25) is 5.02 Å². The van der Waals surface area contributed by atoms with Crippen LogP contribution in [0.5, 0.6) is 0 Å². The van der Waals surface area contributed by atoms with Crippen LogP contribution >= 0.6 is 23.4 Å². The molecule has 0 aliphatic carbocycles. The van der Waals surface area contributed by atoms with Gasteiger partial charge in [0.2, 0.25) is 0 Å². The van der Waals surface area contributed by atoms with Gasteiger partial charge in [-0.25, -0.2) is 4.39 Å². The van der Waals surface area contributed by atoms with Crippen LogP contribution in [0.15, 0.2) is 18.2 Å². The molecule has 19 heavy (non-hydrogen) atoms. The second-order valence-corrected chi connectivity index (χ2v) is 6.11. The van der Waals surface area contributed by atoms with E-state index < -0.39 is 0 Å². The predicted molar refractivity (Wildman–Crippen MR) is 79.6 cm³/mol. The minimum Gasteiger partial charge on any atom is -0.375 e. The Labute approximate surface area is 123 Å². The Bertz CT molecular complexity index is 392. The maximum atomic E-state index is 13.9. The van der Waals surface area contributed by atoms with Gasteiger partial charge in [-0.05, 0) is 25.1 Å². The average Bonchev–Trinajstić information content (AvgIpc) is 2.43. The van der Waals surface area contributed by atoms with Crippen molar-refractivity contribution in [2.45, 2.75) is 25.5 Å². The Morgan fingerprint density at radius 3 is 3.05 bits per heavy atom. The first-order valence-corrected chi connectivity index (χ1v) is 8.11. The number of benzene rings is 1. The van der Waals surface area contributed by atoms with E-state index in [9.17, 15) is 4.39 Å². The molecule has 1 saturated heterocycles. The van der Waals surface area contributed by atoms with E-state index in [1.807, 2.05) is 18.7 Å². The molecule has 0 aromatic heterocycles. The van der Waals surface area contributed by atoms with Gasteiger partial charge in [0, 0.05) is 28.1 Å².